The number of hydrogen-bond donors (Lipinski definition) is 1. The SMILES string of the molecule is COc1cc(C#CC2(OCC(F)(F)F)CCCC2)c(F)cc1N(c1ccon1)S(=O)(=O)c1ccc2[nH]c(=O)ccc2c1. The number of H-pyrrole nitrogens is 1. The van der Waals surface area contributed by atoms with Gasteiger partial charge >= 0.3 is 6.18 Å². The van der Waals surface area contributed by atoms with Gasteiger partial charge < -0.3 is 19.0 Å². The van der Waals surface area contributed by atoms with E-state index in [2.05, 4.69) is 22.0 Å². The van der Waals surface area contributed by atoms with Crippen LogP contribution in [0.15, 0.2) is 69.0 Å². The lowest BCUT2D eigenvalue weighted by atomic mass is 10.0. The molecule has 0 aliphatic heterocycles. The first-order valence-electron chi connectivity index (χ1n) is 12.6. The second-order valence-corrected chi connectivity index (χ2v) is 11.3. The summed E-state index contributed by atoms with van der Waals surface area (Å²) < 4.78 is 98.0. The summed E-state index contributed by atoms with van der Waals surface area (Å²) in [6, 6.07) is 10.0. The third-order valence-electron chi connectivity index (χ3n) is 6.70. The van der Waals surface area contributed by atoms with Crippen LogP contribution in [0.5, 0.6) is 5.75 Å². The molecule has 0 saturated heterocycles. The van der Waals surface area contributed by atoms with Gasteiger partial charge in [-0.15, -0.1) is 0 Å². The van der Waals surface area contributed by atoms with Gasteiger partial charge in [0.15, 0.2) is 5.82 Å². The van der Waals surface area contributed by atoms with Crippen LogP contribution in [-0.4, -0.2) is 44.1 Å². The van der Waals surface area contributed by atoms with Crippen molar-refractivity contribution in [2.45, 2.75) is 42.4 Å². The van der Waals surface area contributed by atoms with Gasteiger partial charge in [0.1, 0.15) is 35.7 Å². The number of alkyl halides is 3. The van der Waals surface area contributed by atoms with Crippen LogP contribution in [-0.2, 0) is 14.8 Å². The van der Waals surface area contributed by atoms with Crippen molar-refractivity contribution in [3.63, 3.8) is 0 Å². The van der Waals surface area contributed by atoms with E-state index >= 15 is 4.39 Å². The summed E-state index contributed by atoms with van der Waals surface area (Å²) in [6.45, 7) is -1.48. The van der Waals surface area contributed by atoms with E-state index in [0.717, 1.165) is 22.7 Å². The molecular formula is C28H23F4N3O6S. The smallest absolute Gasteiger partial charge is 0.411 e. The zero-order valence-electron chi connectivity index (χ0n) is 22.0. The Labute approximate surface area is 237 Å². The molecule has 2 aromatic heterocycles. The lowest BCUT2D eigenvalue weighted by molar-refractivity contribution is -0.194. The predicted molar refractivity (Wildman–Crippen MR) is 143 cm³/mol. The van der Waals surface area contributed by atoms with E-state index < -0.39 is 34.2 Å². The Hall–Kier alpha value is -4.35. The van der Waals surface area contributed by atoms with Gasteiger partial charge in [-0.3, -0.25) is 4.79 Å². The third kappa shape index (κ3) is 5.97. The van der Waals surface area contributed by atoms with Gasteiger partial charge in [0.25, 0.3) is 10.0 Å². The zero-order chi connectivity index (χ0) is 30.1. The maximum Gasteiger partial charge on any atom is 0.411 e. The van der Waals surface area contributed by atoms with E-state index in [0.29, 0.717) is 23.7 Å². The highest BCUT2D eigenvalue weighted by Gasteiger charge is 2.38. The van der Waals surface area contributed by atoms with Crippen molar-refractivity contribution in [3.8, 4) is 17.6 Å². The van der Waals surface area contributed by atoms with Crippen LogP contribution in [0.2, 0.25) is 0 Å². The molecule has 1 saturated carbocycles. The molecular weight excluding hydrogens is 582 g/mol. The molecule has 1 N–H and O–H groups in total. The number of ether oxygens (including phenoxy) is 2. The highest BCUT2D eigenvalue weighted by Crippen LogP contribution is 2.40. The summed E-state index contributed by atoms with van der Waals surface area (Å²) in [5.74, 6) is 3.97. The van der Waals surface area contributed by atoms with Crippen molar-refractivity contribution >= 4 is 32.4 Å². The van der Waals surface area contributed by atoms with E-state index in [1.165, 1.54) is 43.5 Å². The van der Waals surface area contributed by atoms with Crippen LogP contribution in [0, 0.1) is 17.7 Å². The van der Waals surface area contributed by atoms with Gasteiger partial charge in [0, 0.05) is 29.8 Å². The molecule has 2 aromatic carbocycles. The number of aromatic nitrogens is 2. The van der Waals surface area contributed by atoms with Crippen LogP contribution >= 0.6 is 0 Å². The van der Waals surface area contributed by atoms with Gasteiger partial charge in [0.2, 0.25) is 5.56 Å². The summed E-state index contributed by atoms with van der Waals surface area (Å²) in [4.78, 5) is 14.0. The number of fused-ring (bicyclic) bond motifs is 1. The van der Waals surface area contributed by atoms with Crippen LogP contribution in [0.4, 0.5) is 29.1 Å². The number of anilines is 2. The van der Waals surface area contributed by atoms with Crippen molar-refractivity contribution in [3.05, 3.63) is 76.5 Å². The normalized spacial score (nSPS) is 14.9. The molecule has 4 aromatic rings. The minimum absolute atomic E-state index is 0.117. The van der Waals surface area contributed by atoms with E-state index in [1.54, 1.807) is 0 Å². The number of benzene rings is 2. The number of sulfonamides is 1. The molecule has 1 aliphatic rings. The Morgan fingerprint density at radius 2 is 1.88 bits per heavy atom. The third-order valence-corrected chi connectivity index (χ3v) is 8.42. The van der Waals surface area contributed by atoms with Crippen molar-refractivity contribution < 1.29 is 40.0 Å². The zero-order valence-corrected chi connectivity index (χ0v) is 22.8. The number of hydrogen-bond acceptors (Lipinski definition) is 7. The largest absolute Gasteiger partial charge is 0.494 e. The second kappa shape index (κ2) is 11.1. The molecule has 5 rings (SSSR count). The van der Waals surface area contributed by atoms with E-state index in [-0.39, 0.29) is 46.1 Å². The van der Waals surface area contributed by atoms with Gasteiger partial charge in [0.05, 0.1) is 17.6 Å². The van der Waals surface area contributed by atoms with Crippen LogP contribution in [0.25, 0.3) is 10.9 Å². The molecule has 9 nitrogen and oxygen atoms in total. The molecule has 0 amide bonds. The maximum absolute atomic E-state index is 15.5. The molecule has 42 heavy (non-hydrogen) atoms. The fourth-order valence-corrected chi connectivity index (χ4v) is 6.17. The van der Waals surface area contributed by atoms with Gasteiger partial charge in [-0.05, 0) is 55.3 Å². The topological polar surface area (TPSA) is 115 Å². The second-order valence-electron chi connectivity index (χ2n) is 9.56. The lowest BCUT2D eigenvalue weighted by Crippen LogP contribution is -2.32. The van der Waals surface area contributed by atoms with Crippen molar-refractivity contribution in [1.29, 1.82) is 0 Å². The molecule has 0 radical (unpaired) electrons. The molecule has 0 unspecified atom stereocenters. The average molecular weight is 606 g/mol. The van der Waals surface area contributed by atoms with E-state index in [9.17, 15) is 26.4 Å². The summed E-state index contributed by atoms with van der Waals surface area (Å²) in [7, 11) is -3.25. The Morgan fingerprint density at radius 3 is 2.55 bits per heavy atom. The van der Waals surface area contributed by atoms with E-state index in [4.69, 9.17) is 14.0 Å². The number of pyridine rings is 1. The minimum atomic E-state index is -4.55. The molecule has 0 bridgehead atoms. The molecule has 14 heteroatoms. The van der Waals surface area contributed by atoms with Crippen molar-refractivity contribution in [2.75, 3.05) is 18.0 Å². The number of halogens is 4. The monoisotopic (exact) mass is 605 g/mol. The fraction of sp³-hybridized carbons (Fsp3) is 0.286. The molecule has 1 fully saturated rings. The first-order chi connectivity index (χ1) is 19.9. The number of rotatable bonds is 7. The van der Waals surface area contributed by atoms with Crippen molar-refractivity contribution in [1.82, 2.24) is 10.1 Å². The number of aromatic amines is 1. The first-order valence-corrected chi connectivity index (χ1v) is 14.1. The predicted octanol–water partition coefficient (Wildman–Crippen LogP) is 5.43. The Bertz CT molecular complexity index is 1840. The fourth-order valence-electron chi connectivity index (χ4n) is 4.70. The maximum atomic E-state index is 15.5. The summed E-state index contributed by atoms with van der Waals surface area (Å²) in [5.41, 5.74) is -1.84. The van der Waals surface area contributed by atoms with Crippen LogP contribution in [0.1, 0.15) is 31.2 Å². The quantitative estimate of drug-likeness (QED) is 0.221. The standard InChI is InChI=1S/C28H23F4N3O6S/c1-39-24-15-18(8-12-27(10-2-3-11-27)40-17-28(30,31)32)21(29)16-23(24)35(25-9-13-41-34-25)42(37,38)20-5-6-22-19(14-20)4-7-26(36)33-22/h4-7,9,13-16H,2-3,10-11,17H2,1H3,(H,33,36). The summed E-state index contributed by atoms with van der Waals surface area (Å²) in [5, 5.41) is 4.16. The highest BCUT2D eigenvalue weighted by molar-refractivity contribution is 7.93. The van der Waals surface area contributed by atoms with Crippen LogP contribution in [0.3, 0.4) is 0 Å². The number of nitrogens with one attached hydrogen (secondary N) is 1. The minimum Gasteiger partial charge on any atom is -0.494 e. The number of nitrogens with zero attached hydrogens (tertiary/aromatic N) is 2. The highest BCUT2D eigenvalue weighted by atomic mass is 32.2. The summed E-state index contributed by atoms with van der Waals surface area (Å²) in [6.07, 6.45) is -1.70. The molecule has 2 heterocycles. The van der Waals surface area contributed by atoms with Gasteiger partial charge in [-0.25, -0.2) is 17.1 Å². The average Bonchev–Trinajstić information content (AvgIpc) is 3.64. The Morgan fingerprint density at radius 1 is 1.12 bits per heavy atom. The Balaban J connectivity index is 1.58. The Kier molecular flexibility index (Phi) is 7.74. The lowest BCUT2D eigenvalue weighted by Gasteiger charge is -2.25. The molecule has 220 valence electrons. The first kappa shape index (κ1) is 29.2. The van der Waals surface area contributed by atoms with E-state index in [1.807, 2.05) is 0 Å². The van der Waals surface area contributed by atoms with Gasteiger partial charge in [-0.1, -0.05) is 17.0 Å². The molecule has 0 spiro atoms. The molecule has 1 aliphatic carbocycles. The van der Waals surface area contributed by atoms with Gasteiger partial charge in [-0.2, -0.15) is 13.2 Å². The number of methoxy groups -OCH3 is 1. The molecule has 0 atom stereocenters. The summed E-state index contributed by atoms with van der Waals surface area (Å²) >= 11 is 0. The van der Waals surface area contributed by atoms with Crippen molar-refractivity contribution in [2.24, 2.45) is 0 Å². The van der Waals surface area contributed by atoms with Crippen LogP contribution < -0.4 is 14.6 Å².